The van der Waals surface area contributed by atoms with E-state index in [2.05, 4.69) is 5.32 Å². The number of alkyl halides is 3. The second kappa shape index (κ2) is 6.52. The molecule has 0 saturated heterocycles. The van der Waals surface area contributed by atoms with Crippen molar-refractivity contribution in [2.75, 3.05) is 6.61 Å². The Morgan fingerprint density at radius 1 is 1.29 bits per heavy atom. The quantitative estimate of drug-likeness (QED) is 0.819. The van der Waals surface area contributed by atoms with Gasteiger partial charge in [0.2, 0.25) is 5.91 Å². The smallest absolute Gasteiger partial charge is 0.369 e. The molecule has 0 spiro atoms. The molecule has 2 atom stereocenters. The normalized spacial score (nSPS) is 28.8. The minimum atomic E-state index is -4.30. The van der Waals surface area contributed by atoms with Gasteiger partial charge in [0, 0.05) is 18.0 Å². The largest absolute Gasteiger partial charge is 0.411 e. The van der Waals surface area contributed by atoms with E-state index >= 15 is 0 Å². The van der Waals surface area contributed by atoms with Gasteiger partial charge in [-0.2, -0.15) is 13.2 Å². The van der Waals surface area contributed by atoms with Gasteiger partial charge in [-0.1, -0.05) is 0 Å². The van der Waals surface area contributed by atoms with Gasteiger partial charge in [-0.05, 0) is 44.9 Å². The first-order chi connectivity index (χ1) is 9.76. The molecule has 2 saturated carbocycles. The van der Waals surface area contributed by atoms with E-state index in [9.17, 15) is 18.0 Å². The molecule has 0 radical (unpaired) electrons. The first kappa shape index (κ1) is 16.5. The van der Waals surface area contributed by atoms with Crippen molar-refractivity contribution < 1.29 is 22.7 Å². The van der Waals surface area contributed by atoms with Crippen LogP contribution < -0.4 is 11.1 Å². The highest BCUT2D eigenvalue weighted by Crippen LogP contribution is 2.32. The third kappa shape index (κ3) is 5.47. The Kier molecular flexibility index (Phi) is 5.14. The van der Waals surface area contributed by atoms with E-state index < -0.39 is 18.9 Å². The Hall–Kier alpha value is -0.820. The van der Waals surface area contributed by atoms with Gasteiger partial charge in [-0.25, -0.2) is 0 Å². The van der Waals surface area contributed by atoms with E-state index in [0.717, 1.165) is 32.1 Å². The lowest BCUT2D eigenvalue weighted by Crippen LogP contribution is -2.51. The maximum Gasteiger partial charge on any atom is 0.411 e. The number of carbonyl (C=O) groups is 1. The molecule has 7 heteroatoms. The van der Waals surface area contributed by atoms with Crippen molar-refractivity contribution in [1.29, 1.82) is 0 Å². The molecule has 0 bridgehead atoms. The maximum absolute atomic E-state index is 12.1. The number of ether oxygens (including phenoxy) is 1. The van der Waals surface area contributed by atoms with Gasteiger partial charge in [-0.15, -0.1) is 0 Å². The van der Waals surface area contributed by atoms with E-state index in [1.54, 1.807) is 0 Å². The highest BCUT2D eigenvalue weighted by Gasteiger charge is 2.36. The monoisotopic (exact) mass is 308 g/mol. The molecule has 1 amide bonds. The molecule has 2 unspecified atom stereocenters. The van der Waals surface area contributed by atoms with Crippen molar-refractivity contribution in [2.45, 2.75) is 75.2 Å². The molecule has 2 aliphatic rings. The Morgan fingerprint density at radius 3 is 2.57 bits per heavy atom. The number of hydrogen-bond acceptors (Lipinski definition) is 3. The van der Waals surface area contributed by atoms with E-state index in [-0.39, 0.29) is 17.5 Å². The zero-order chi connectivity index (χ0) is 15.5. The summed E-state index contributed by atoms with van der Waals surface area (Å²) >= 11 is 0. The first-order valence-corrected chi connectivity index (χ1v) is 7.52. The predicted molar refractivity (Wildman–Crippen MR) is 71.6 cm³/mol. The molecular formula is C14H23F3N2O2. The van der Waals surface area contributed by atoms with Crippen LogP contribution in [0.15, 0.2) is 0 Å². The van der Waals surface area contributed by atoms with Gasteiger partial charge in [-0.3, -0.25) is 4.79 Å². The van der Waals surface area contributed by atoms with Crippen molar-refractivity contribution in [3.05, 3.63) is 0 Å². The van der Waals surface area contributed by atoms with Crippen LogP contribution in [0.4, 0.5) is 13.2 Å². The predicted octanol–water partition coefficient (Wildman–Crippen LogP) is 2.26. The SMILES string of the molecule is NC1(CC(=O)NC2CCCC(OCC(F)(F)F)C2)CCC1. The van der Waals surface area contributed by atoms with Crippen LogP contribution in [0.5, 0.6) is 0 Å². The molecule has 4 nitrogen and oxygen atoms in total. The molecule has 2 fully saturated rings. The third-order valence-electron chi connectivity index (χ3n) is 4.34. The van der Waals surface area contributed by atoms with Crippen molar-refractivity contribution in [1.82, 2.24) is 5.32 Å². The summed E-state index contributed by atoms with van der Waals surface area (Å²) in [6.07, 6.45) is 0.968. The number of nitrogens with two attached hydrogens (primary N) is 1. The number of amides is 1. The Morgan fingerprint density at radius 2 is 2.00 bits per heavy atom. The minimum absolute atomic E-state index is 0.0985. The van der Waals surface area contributed by atoms with E-state index in [1.807, 2.05) is 0 Å². The number of halogens is 3. The highest BCUT2D eigenvalue weighted by atomic mass is 19.4. The summed E-state index contributed by atoms with van der Waals surface area (Å²) in [5.41, 5.74) is 5.65. The van der Waals surface area contributed by atoms with Crippen LogP contribution in [0.1, 0.15) is 51.4 Å². The lowest BCUT2D eigenvalue weighted by atomic mass is 9.75. The van der Waals surface area contributed by atoms with E-state index in [1.165, 1.54) is 0 Å². The van der Waals surface area contributed by atoms with Crippen molar-refractivity contribution in [2.24, 2.45) is 5.73 Å². The number of carbonyl (C=O) groups excluding carboxylic acids is 1. The fraction of sp³-hybridized carbons (Fsp3) is 0.929. The molecule has 3 N–H and O–H groups in total. The molecule has 122 valence electrons. The summed E-state index contributed by atoms with van der Waals surface area (Å²) in [4.78, 5) is 11.9. The summed E-state index contributed by atoms with van der Waals surface area (Å²) in [6, 6.07) is -0.104. The lowest BCUT2D eigenvalue weighted by Gasteiger charge is -2.38. The van der Waals surface area contributed by atoms with Gasteiger partial charge < -0.3 is 15.8 Å². The zero-order valence-corrected chi connectivity index (χ0v) is 12.0. The average Bonchev–Trinajstić information content (AvgIpc) is 2.34. The lowest BCUT2D eigenvalue weighted by molar-refractivity contribution is -0.188. The number of rotatable bonds is 5. The van der Waals surface area contributed by atoms with Gasteiger partial charge in [0.1, 0.15) is 6.61 Å². The molecule has 2 rings (SSSR count). The van der Waals surface area contributed by atoms with Crippen LogP contribution >= 0.6 is 0 Å². The van der Waals surface area contributed by atoms with Gasteiger partial charge >= 0.3 is 6.18 Å². The van der Waals surface area contributed by atoms with Crippen LogP contribution in [0, 0.1) is 0 Å². The second-order valence-electron chi connectivity index (χ2n) is 6.37. The fourth-order valence-electron chi connectivity index (χ4n) is 3.05. The second-order valence-corrected chi connectivity index (χ2v) is 6.37. The van der Waals surface area contributed by atoms with E-state index in [0.29, 0.717) is 19.3 Å². The average molecular weight is 308 g/mol. The molecule has 21 heavy (non-hydrogen) atoms. The summed E-state index contributed by atoms with van der Waals surface area (Å²) in [6.45, 7) is -1.22. The Bertz CT molecular complexity index is 370. The molecule has 0 heterocycles. The summed E-state index contributed by atoms with van der Waals surface area (Å²) < 4.78 is 41.3. The summed E-state index contributed by atoms with van der Waals surface area (Å²) in [5.74, 6) is -0.0985. The van der Waals surface area contributed by atoms with Crippen LogP contribution in [-0.4, -0.2) is 36.4 Å². The highest BCUT2D eigenvalue weighted by molar-refractivity contribution is 5.77. The number of hydrogen-bond donors (Lipinski definition) is 2. The molecule has 0 aromatic rings. The minimum Gasteiger partial charge on any atom is -0.369 e. The van der Waals surface area contributed by atoms with Gasteiger partial charge in [0.05, 0.1) is 6.10 Å². The summed E-state index contributed by atoms with van der Waals surface area (Å²) in [7, 11) is 0. The Labute approximate surface area is 122 Å². The topological polar surface area (TPSA) is 64.4 Å². The molecule has 2 aliphatic carbocycles. The fourth-order valence-corrected chi connectivity index (χ4v) is 3.05. The zero-order valence-electron chi connectivity index (χ0n) is 12.0. The van der Waals surface area contributed by atoms with Crippen molar-refractivity contribution >= 4 is 5.91 Å². The van der Waals surface area contributed by atoms with Crippen LogP contribution in [0.2, 0.25) is 0 Å². The standard InChI is InChI=1S/C14H23F3N2O2/c15-14(16,17)9-21-11-4-1-3-10(7-11)19-12(20)8-13(18)5-2-6-13/h10-11H,1-9,18H2,(H,19,20). The third-order valence-corrected chi connectivity index (χ3v) is 4.34. The molecular weight excluding hydrogens is 285 g/mol. The van der Waals surface area contributed by atoms with Crippen LogP contribution in [0.25, 0.3) is 0 Å². The molecule has 0 aliphatic heterocycles. The van der Waals surface area contributed by atoms with Crippen molar-refractivity contribution in [3.8, 4) is 0 Å². The van der Waals surface area contributed by atoms with E-state index in [4.69, 9.17) is 10.5 Å². The van der Waals surface area contributed by atoms with Gasteiger partial charge in [0.25, 0.3) is 0 Å². The van der Waals surface area contributed by atoms with Crippen LogP contribution in [0.3, 0.4) is 0 Å². The Balaban J connectivity index is 1.72. The molecule has 0 aromatic heterocycles. The first-order valence-electron chi connectivity index (χ1n) is 7.52. The summed E-state index contributed by atoms with van der Waals surface area (Å²) in [5, 5.41) is 2.89. The maximum atomic E-state index is 12.1. The number of nitrogens with one attached hydrogen (secondary N) is 1. The van der Waals surface area contributed by atoms with Gasteiger partial charge in [0.15, 0.2) is 0 Å². The van der Waals surface area contributed by atoms with Crippen molar-refractivity contribution in [3.63, 3.8) is 0 Å². The van der Waals surface area contributed by atoms with Crippen LogP contribution in [-0.2, 0) is 9.53 Å². The molecule has 0 aromatic carbocycles.